The van der Waals surface area contributed by atoms with E-state index in [2.05, 4.69) is 5.32 Å². The summed E-state index contributed by atoms with van der Waals surface area (Å²) in [6, 6.07) is 23.0. The van der Waals surface area contributed by atoms with Crippen LogP contribution in [0, 0.1) is 5.82 Å². The first-order valence-corrected chi connectivity index (χ1v) is 14.7. The predicted octanol–water partition coefficient (Wildman–Crippen LogP) is 6.80. The standard InChI is InChI=1S/C31H34ClFN2O2S/c32-26-14-9-12-24(18-26)21-38-22-30(36)35(20-25-13-7-8-17-28(25)33)29(19-23-10-3-1-4-11-23)31(37)34-27-15-5-2-6-16-27/h1,3-4,7-14,17-18,27,29H,2,5-6,15-16,19-22H2,(H,34,37). The zero-order chi connectivity index (χ0) is 26.7. The molecule has 1 atom stereocenters. The van der Waals surface area contributed by atoms with Gasteiger partial charge in [0.1, 0.15) is 11.9 Å². The van der Waals surface area contributed by atoms with E-state index >= 15 is 0 Å². The molecule has 4 rings (SSSR count). The molecule has 0 saturated heterocycles. The Morgan fingerprint density at radius 3 is 2.39 bits per heavy atom. The largest absolute Gasteiger partial charge is 0.352 e. The van der Waals surface area contributed by atoms with Crippen molar-refractivity contribution >= 4 is 35.2 Å². The number of carbonyl (C=O) groups excluding carboxylic acids is 2. The summed E-state index contributed by atoms with van der Waals surface area (Å²) < 4.78 is 14.7. The van der Waals surface area contributed by atoms with E-state index in [4.69, 9.17) is 11.6 Å². The highest BCUT2D eigenvalue weighted by Crippen LogP contribution is 2.22. The Balaban J connectivity index is 1.57. The lowest BCUT2D eigenvalue weighted by Gasteiger charge is -2.33. The van der Waals surface area contributed by atoms with Crippen LogP contribution in [-0.4, -0.2) is 34.6 Å². The van der Waals surface area contributed by atoms with Gasteiger partial charge in [0.2, 0.25) is 11.8 Å². The summed E-state index contributed by atoms with van der Waals surface area (Å²) in [5.74, 6) is 0.0220. The maximum absolute atomic E-state index is 14.7. The molecule has 1 fully saturated rings. The number of nitrogens with one attached hydrogen (secondary N) is 1. The SMILES string of the molecule is O=C(NC1CCCCC1)C(Cc1ccccc1)N(Cc1ccccc1F)C(=O)CSCc1cccc(Cl)c1. The summed E-state index contributed by atoms with van der Waals surface area (Å²) in [4.78, 5) is 29.0. The smallest absolute Gasteiger partial charge is 0.243 e. The maximum atomic E-state index is 14.7. The molecule has 0 aliphatic heterocycles. The highest BCUT2D eigenvalue weighted by Gasteiger charge is 2.32. The number of hydrogen-bond donors (Lipinski definition) is 1. The molecule has 0 aromatic heterocycles. The van der Waals surface area contributed by atoms with E-state index in [1.54, 1.807) is 23.1 Å². The summed E-state index contributed by atoms with van der Waals surface area (Å²) >= 11 is 7.57. The number of thioether (sulfide) groups is 1. The van der Waals surface area contributed by atoms with Gasteiger partial charge >= 0.3 is 0 Å². The van der Waals surface area contributed by atoms with Crippen molar-refractivity contribution in [2.24, 2.45) is 0 Å². The number of nitrogens with zero attached hydrogens (tertiary/aromatic N) is 1. The van der Waals surface area contributed by atoms with Crippen LogP contribution in [0.3, 0.4) is 0 Å². The fourth-order valence-corrected chi connectivity index (χ4v) is 5.94. The van der Waals surface area contributed by atoms with Crippen molar-refractivity contribution in [3.8, 4) is 0 Å². The van der Waals surface area contributed by atoms with Crippen molar-refractivity contribution in [2.75, 3.05) is 5.75 Å². The molecule has 4 nitrogen and oxygen atoms in total. The minimum Gasteiger partial charge on any atom is -0.352 e. The van der Waals surface area contributed by atoms with Gasteiger partial charge < -0.3 is 10.2 Å². The zero-order valence-electron chi connectivity index (χ0n) is 21.5. The molecule has 1 aliphatic rings. The van der Waals surface area contributed by atoms with Crippen molar-refractivity contribution in [2.45, 2.75) is 62.9 Å². The summed E-state index contributed by atoms with van der Waals surface area (Å²) in [5.41, 5.74) is 2.37. The van der Waals surface area contributed by atoms with Crippen LogP contribution in [-0.2, 0) is 28.3 Å². The molecular weight excluding hydrogens is 519 g/mol. The van der Waals surface area contributed by atoms with Crippen molar-refractivity contribution in [3.05, 3.63) is 106 Å². The summed E-state index contributed by atoms with van der Waals surface area (Å²) in [6.07, 6.45) is 5.61. The van der Waals surface area contributed by atoms with E-state index in [0.29, 0.717) is 22.8 Å². The highest BCUT2D eigenvalue weighted by atomic mass is 35.5. The van der Waals surface area contributed by atoms with Crippen LogP contribution in [0.5, 0.6) is 0 Å². The van der Waals surface area contributed by atoms with Gasteiger partial charge in [-0.2, -0.15) is 0 Å². The van der Waals surface area contributed by atoms with Crippen LogP contribution < -0.4 is 5.32 Å². The van der Waals surface area contributed by atoms with E-state index in [0.717, 1.165) is 36.8 Å². The van der Waals surface area contributed by atoms with E-state index < -0.39 is 6.04 Å². The summed E-state index contributed by atoms with van der Waals surface area (Å²) in [7, 11) is 0. The first-order valence-electron chi connectivity index (χ1n) is 13.2. The minimum absolute atomic E-state index is 0.0266. The lowest BCUT2D eigenvalue weighted by atomic mass is 9.94. The second-order valence-electron chi connectivity index (χ2n) is 9.78. The van der Waals surface area contributed by atoms with E-state index in [1.807, 2.05) is 54.6 Å². The fourth-order valence-electron chi connectivity index (χ4n) is 4.87. The molecule has 2 amide bonds. The predicted molar refractivity (Wildman–Crippen MR) is 154 cm³/mol. The Labute approximate surface area is 234 Å². The minimum atomic E-state index is -0.752. The molecule has 0 heterocycles. The molecule has 200 valence electrons. The first kappa shape index (κ1) is 28.2. The van der Waals surface area contributed by atoms with Gasteiger partial charge in [0, 0.05) is 35.3 Å². The van der Waals surface area contributed by atoms with Gasteiger partial charge in [0.25, 0.3) is 0 Å². The van der Waals surface area contributed by atoms with Crippen LogP contribution in [0.25, 0.3) is 0 Å². The van der Waals surface area contributed by atoms with Crippen molar-refractivity contribution in [1.82, 2.24) is 10.2 Å². The average molecular weight is 553 g/mol. The third-order valence-corrected chi connectivity index (χ3v) is 8.13. The van der Waals surface area contributed by atoms with E-state index in [9.17, 15) is 14.0 Å². The lowest BCUT2D eigenvalue weighted by Crippen LogP contribution is -2.53. The third kappa shape index (κ3) is 8.34. The summed E-state index contributed by atoms with van der Waals surface area (Å²) in [5, 5.41) is 3.87. The average Bonchev–Trinajstić information content (AvgIpc) is 2.92. The fraction of sp³-hybridized carbons (Fsp3) is 0.355. The van der Waals surface area contributed by atoms with Gasteiger partial charge in [-0.1, -0.05) is 91.5 Å². The molecule has 0 bridgehead atoms. The molecule has 1 saturated carbocycles. The Morgan fingerprint density at radius 1 is 0.947 bits per heavy atom. The van der Waals surface area contributed by atoms with Crippen molar-refractivity contribution in [3.63, 3.8) is 0 Å². The van der Waals surface area contributed by atoms with Crippen molar-refractivity contribution in [1.29, 1.82) is 0 Å². The quantitative estimate of drug-likeness (QED) is 0.284. The van der Waals surface area contributed by atoms with Crippen molar-refractivity contribution < 1.29 is 14.0 Å². The van der Waals surface area contributed by atoms with Gasteiger partial charge in [-0.3, -0.25) is 9.59 Å². The Kier molecular flexibility index (Phi) is 10.6. The van der Waals surface area contributed by atoms with Crippen LogP contribution in [0.2, 0.25) is 5.02 Å². The Hall–Kier alpha value is -2.83. The number of amides is 2. The Morgan fingerprint density at radius 2 is 1.66 bits per heavy atom. The second kappa shape index (κ2) is 14.4. The van der Waals surface area contributed by atoms with Gasteiger partial charge in [0.15, 0.2) is 0 Å². The number of benzene rings is 3. The first-order chi connectivity index (χ1) is 18.5. The molecule has 0 spiro atoms. The molecular formula is C31H34ClFN2O2S. The molecule has 3 aromatic rings. The molecule has 7 heteroatoms. The van der Waals surface area contributed by atoms with Crippen LogP contribution in [0.1, 0.15) is 48.8 Å². The van der Waals surface area contributed by atoms with E-state index in [-0.39, 0.29) is 36.0 Å². The lowest BCUT2D eigenvalue weighted by molar-refractivity contribution is -0.139. The monoisotopic (exact) mass is 552 g/mol. The molecule has 1 unspecified atom stereocenters. The topological polar surface area (TPSA) is 49.4 Å². The van der Waals surface area contributed by atoms with Crippen LogP contribution >= 0.6 is 23.4 Å². The van der Waals surface area contributed by atoms with Gasteiger partial charge in [0.05, 0.1) is 5.75 Å². The van der Waals surface area contributed by atoms with Gasteiger partial charge in [-0.25, -0.2) is 4.39 Å². The van der Waals surface area contributed by atoms with Gasteiger partial charge in [-0.15, -0.1) is 11.8 Å². The number of hydrogen-bond acceptors (Lipinski definition) is 3. The maximum Gasteiger partial charge on any atom is 0.243 e. The number of carbonyl (C=O) groups is 2. The molecule has 3 aromatic carbocycles. The third-order valence-electron chi connectivity index (χ3n) is 6.90. The Bertz CT molecular complexity index is 1200. The molecule has 0 radical (unpaired) electrons. The molecule has 1 N–H and O–H groups in total. The normalized spacial score (nSPS) is 14.6. The molecule has 38 heavy (non-hydrogen) atoms. The highest BCUT2D eigenvalue weighted by molar-refractivity contribution is 7.99. The summed E-state index contributed by atoms with van der Waals surface area (Å²) in [6.45, 7) is 0.0266. The molecule has 1 aliphatic carbocycles. The van der Waals surface area contributed by atoms with Gasteiger partial charge in [-0.05, 0) is 42.2 Å². The van der Waals surface area contributed by atoms with Crippen LogP contribution in [0.15, 0.2) is 78.9 Å². The second-order valence-corrected chi connectivity index (χ2v) is 11.2. The van der Waals surface area contributed by atoms with Crippen LogP contribution in [0.4, 0.5) is 4.39 Å². The zero-order valence-corrected chi connectivity index (χ0v) is 23.0. The number of halogens is 2. The number of rotatable bonds is 11. The van der Waals surface area contributed by atoms with E-state index in [1.165, 1.54) is 24.2 Å².